The topological polar surface area (TPSA) is 33.2 Å². The van der Waals surface area contributed by atoms with Crippen LogP contribution in [0, 0.1) is 17.8 Å². The number of hydrogen-bond donors (Lipinski definition) is 0. The summed E-state index contributed by atoms with van der Waals surface area (Å²) < 4.78 is 0. The Morgan fingerprint density at radius 1 is 1.30 bits per heavy atom. The summed E-state index contributed by atoms with van der Waals surface area (Å²) in [6.45, 7) is 5.77. The number of ketones is 1. The minimum atomic E-state index is 0.0369. The molecule has 116 valence electrons. The number of piperidine rings is 1. The molecule has 2 aliphatic carbocycles. The molecule has 2 fully saturated rings. The quantitative estimate of drug-likeness (QED) is 0.787. The van der Waals surface area contributed by atoms with Crippen molar-refractivity contribution in [3.63, 3.8) is 0 Å². The van der Waals surface area contributed by atoms with Crippen molar-refractivity contribution in [2.75, 3.05) is 13.1 Å². The van der Waals surface area contributed by atoms with Crippen LogP contribution < -0.4 is 0 Å². The largest absolute Gasteiger partial charge is 0.370 e. The summed E-state index contributed by atoms with van der Waals surface area (Å²) >= 11 is 0. The van der Waals surface area contributed by atoms with E-state index in [2.05, 4.69) is 22.4 Å². The fourth-order valence-corrected chi connectivity index (χ4v) is 3.86. The van der Waals surface area contributed by atoms with Gasteiger partial charge in [0.1, 0.15) is 0 Å². The van der Waals surface area contributed by atoms with E-state index in [0.29, 0.717) is 17.4 Å². The summed E-state index contributed by atoms with van der Waals surface area (Å²) in [5.74, 6) is 2.69. The van der Waals surface area contributed by atoms with E-state index in [0.717, 1.165) is 35.6 Å². The zero-order valence-corrected chi connectivity index (χ0v) is 13.3. The molecule has 1 aromatic heterocycles. The van der Waals surface area contributed by atoms with Gasteiger partial charge in [-0.25, -0.2) is 0 Å². The number of allylic oxidation sites excluding steroid dienone is 1. The standard InChI is InChI=1S/C20H20N2O/c1-3-15-12-17-14(13-21-15)11-18(23)16(4-2)19(17)22-9-7-20(5-6-20)8-10-22/h2-3,12-13H,1,5-11H2. The Bertz CT molecular complexity index is 767. The third-order valence-electron chi connectivity index (χ3n) is 5.58. The first-order chi connectivity index (χ1) is 11.2. The average Bonchev–Trinajstić information content (AvgIpc) is 3.33. The highest BCUT2D eigenvalue weighted by molar-refractivity contribution is 6.10. The summed E-state index contributed by atoms with van der Waals surface area (Å²) in [4.78, 5) is 19.1. The monoisotopic (exact) mass is 304 g/mol. The van der Waals surface area contributed by atoms with Crippen LogP contribution in [0.5, 0.6) is 0 Å². The molecule has 1 aromatic rings. The van der Waals surface area contributed by atoms with Crippen LogP contribution in [-0.4, -0.2) is 28.8 Å². The third-order valence-corrected chi connectivity index (χ3v) is 5.58. The molecule has 3 heteroatoms. The first-order valence-corrected chi connectivity index (χ1v) is 8.26. The maximum atomic E-state index is 12.5. The van der Waals surface area contributed by atoms with E-state index in [-0.39, 0.29) is 5.78 Å². The molecule has 0 bridgehead atoms. The lowest BCUT2D eigenvalue weighted by molar-refractivity contribution is -0.114. The molecular weight excluding hydrogens is 284 g/mol. The molecular formula is C20H20N2O. The van der Waals surface area contributed by atoms with E-state index < -0.39 is 0 Å². The highest BCUT2D eigenvalue weighted by Crippen LogP contribution is 2.54. The fourth-order valence-electron chi connectivity index (χ4n) is 3.86. The van der Waals surface area contributed by atoms with Crippen LogP contribution in [0.4, 0.5) is 0 Å². The van der Waals surface area contributed by atoms with Crippen LogP contribution in [0.25, 0.3) is 11.8 Å². The predicted molar refractivity (Wildman–Crippen MR) is 91.3 cm³/mol. The highest BCUT2D eigenvalue weighted by atomic mass is 16.1. The van der Waals surface area contributed by atoms with Gasteiger partial charge in [0.05, 0.1) is 17.0 Å². The van der Waals surface area contributed by atoms with Gasteiger partial charge in [-0.15, -0.1) is 6.42 Å². The Hall–Kier alpha value is -2.34. The number of hydrogen-bond acceptors (Lipinski definition) is 3. The molecule has 3 nitrogen and oxygen atoms in total. The molecule has 0 aromatic carbocycles. The minimum Gasteiger partial charge on any atom is -0.370 e. The first kappa shape index (κ1) is 14.3. The van der Waals surface area contributed by atoms with Crippen molar-refractivity contribution in [1.29, 1.82) is 0 Å². The molecule has 0 amide bonds. The number of pyridine rings is 1. The van der Waals surface area contributed by atoms with Crippen LogP contribution in [-0.2, 0) is 11.2 Å². The molecule has 1 saturated carbocycles. The summed E-state index contributed by atoms with van der Waals surface area (Å²) in [6, 6.07) is 2.02. The number of likely N-dealkylation sites (tertiary alicyclic amines) is 1. The van der Waals surface area contributed by atoms with Crippen molar-refractivity contribution in [2.24, 2.45) is 5.41 Å². The Labute approximate surface area is 137 Å². The average molecular weight is 304 g/mol. The SMILES string of the molecule is C#CC1=C(N2CCC3(CC2)CC3)c2cc(C=C)ncc2CC1=O. The summed E-state index contributed by atoms with van der Waals surface area (Å²) in [7, 11) is 0. The van der Waals surface area contributed by atoms with E-state index in [4.69, 9.17) is 6.42 Å². The van der Waals surface area contributed by atoms with E-state index >= 15 is 0 Å². The lowest BCUT2D eigenvalue weighted by Gasteiger charge is -2.37. The summed E-state index contributed by atoms with van der Waals surface area (Å²) in [5.41, 5.74) is 4.93. The van der Waals surface area contributed by atoms with Gasteiger partial charge in [0.2, 0.25) is 0 Å². The zero-order chi connectivity index (χ0) is 16.0. The van der Waals surface area contributed by atoms with E-state index in [9.17, 15) is 4.79 Å². The molecule has 2 heterocycles. The molecule has 1 saturated heterocycles. The van der Waals surface area contributed by atoms with E-state index in [1.54, 1.807) is 12.3 Å². The molecule has 0 radical (unpaired) electrons. The second kappa shape index (κ2) is 5.09. The smallest absolute Gasteiger partial charge is 0.177 e. The van der Waals surface area contributed by atoms with Gasteiger partial charge in [-0.3, -0.25) is 9.78 Å². The zero-order valence-electron chi connectivity index (χ0n) is 13.3. The van der Waals surface area contributed by atoms with Crippen LogP contribution in [0.1, 0.15) is 42.5 Å². The molecule has 1 aliphatic heterocycles. The van der Waals surface area contributed by atoms with Gasteiger partial charge in [0.15, 0.2) is 5.78 Å². The highest BCUT2D eigenvalue weighted by Gasteiger charge is 2.45. The van der Waals surface area contributed by atoms with Crippen molar-refractivity contribution in [2.45, 2.75) is 32.1 Å². The van der Waals surface area contributed by atoms with Crippen molar-refractivity contribution in [1.82, 2.24) is 9.88 Å². The van der Waals surface area contributed by atoms with Gasteiger partial charge in [-0.2, -0.15) is 0 Å². The van der Waals surface area contributed by atoms with Gasteiger partial charge >= 0.3 is 0 Å². The normalized spacial score (nSPS) is 21.9. The van der Waals surface area contributed by atoms with Gasteiger partial charge in [-0.1, -0.05) is 12.5 Å². The van der Waals surface area contributed by atoms with Gasteiger partial charge in [0, 0.05) is 31.3 Å². The second-order valence-electron chi connectivity index (χ2n) is 6.93. The molecule has 3 aliphatic rings. The van der Waals surface area contributed by atoms with Crippen molar-refractivity contribution in [3.8, 4) is 12.3 Å². The molecule has 0 atom stereocenters. The lowest BCUT2D eigenvalue weighted by atomic mass is 9.86. The molecule has 23 heavy (non-hydrogen) atoms. The number of rotatable bonds is 2. The Morgan fingerprint density at radius 3 is 2.65 bits per heavy atom. The van der Waals surface area contributed by atoms with Crippen molar-refractivity contribution >= 4 is 17.6 Å². The summed E-state index contributed by atoms with van der Waals surface area (Å²) in [5, 5.41) is 0. The van der Waals surface area contributed by atoms with Gasteiger partial charge in [-0.05, 0) is 48.8 Å². The first-order valence-electron chi connectivity index (χ1n) is 8.26. The van der Waals surface area contributed by atoms with Gasteiger partial charge < -0.3 is 4.90 Å². The third kappa shape index (κ3) is 2.30. The number of nitrogens with zero attached hydrogens (tertiary/aromatic N) is 2. The number of aromatic nitrogens is 1. The molecule has 1 spiro atoms. The van der Waals surface area contributed by atoms with Gasteiger partial charge in [0.25, 0.3) is 0 Å². The van der Waals surface area contributed by atoms with E-state index in [1.807, 2.05) is 6.07 Å². The number of carbonyl (C=O) groups is 1. The van der Waals surface area contributed by atoms with Crippen molar-refractivity contribution < 1.29 is 4.79 Å². The number of fused-ring (bicyclic) bond motifs is 1. The molecule has 4 rings (SSSR count). The predicted octanol–water partition coefficient (Wildman–Crippen LogP) is 3.07. The Kier molecular flexibility index (Phi) is 3.16. The maximum absolute atomic E-state index is 12.5. The van der Waals surface area contributed by atoms with Crippen LogP contribution >= 0.6 is 0 Å². The molecule has 0 unspecified atom stereocenters. The van der Waals surface area contributed by atoms with Crippen LogP contribution in [0.2, 0.25) is 0 Å². The maximum Gasteiger partial charge on any atom is 0.177 e. The number of terminal acetylenes is 1. The van der Waals surface area contributed by atoms with Crippen LogP contribution in [0.3, 0.4) is 0 Å². The summed E-state index contributed by atoms with van der Waals surface area (Å²) in [6.07, 6.45) is 14.7. The number of carbonyl (C=O) groups excluding carboxylic acids is 1. The van der Waals surface area contributed by atoms with Crippen LogP contribution in [0.15, 0.2) is 24.4 Å². The second-order valence-corrected chi connectivity index (χ2v) is 6.93. The lowest BCUT2D eigenvalue weighted by Crippen LogP contribution is -2.36. The fraction of sp³-hybridized carbons (Fsp3) is 0.400. The minimum absolute atomic E-state index is 0.0369. The Balaban J connectivity index is 1.79. The van der Waals surface area contributed by atoms with E-state index in [1.165, 1.54) is 25.7 Å². The number of Topliss-reactive ketones (excluding diaryl/α,β-unsaturated/α-hetero) is 1. The van der Waals surface area contributed by atoms with Crippen molar-refractivity contribution in [3.05, 3.63) is 41.2 Å². The molecule has 0 N–H and O–H groups in total. The Morgan fingerprint density at radius 2 is 2.04 bits per heavy atom.